The molecule has 0 heterocycles. The van der Waals surface area contributed by atoms with Gasteiger partial charge >= 0.3 is 0 Å². The van der Waals surface area contributed by atoms with Gasteiger partial charge in [0.1, 0.15) is 5.75 Å². The van der Waals surface area contributed by atoms with Crippen LogP contribution in [0.2, 0.25) is 0 Å². The van der Waals surface area contributed by atoms with Gasteiger partial charge in [-0.25, -0.2) is 0 Å². The number of hydrogen-bond donors (Lipinski definition) is 0. The van der Waals surface area contributed by atoms with Gasteiger partial charge in [-0.15, -0.1) is 0 Å². The third-order valence-corrected chi connectivity index (χ3v) is 6.17. The normalized spacial score (nSPS) is 11.3. The van der Waals surface area contributed by atoms with Crippen LogP contribution in [0.3, 0.4) is 0 Å². The molecule has 0 amide bonds. The SMILES string of the molecule is COc1ccc(P(C(C)(C)C)C(C)(C)C)cc1.[CH2-]Cl.[Pd]. The quantitative estimate of drug-likeness (QED) is 0.361. The zero-order valence-electron chi connectivity index (χ0n) is 13.6. The molecule has 0 radical (unpaired) electrons. The van der Waals surface area contributed by atoms with Crippen molar-refractivity contribution in [2.45, 2.75) is 51.9 Å². The number of ether oxygens (including phenoxy) is 1. The van der Waals surface area contributed by atoms with E-state index in [-0.39, 0.29) is 28.3 Å². The van der Waals surface area contributed by atoms with Crippen molar-refractivity contribution in [3.05, 3.63) is 30.6 Å². The van der Waals surface area contributed by atoms with Crippen molar-refractivity contribution in [1.82, 2.24) is 0 Å². The molecule has 1 rings (SSSR count). The van der Waals surface area contributed by atoms with Gasteiger partial charge in [0.05, 0.1) is 7.11 Å². The second-order valence-corrected chi connectivity index (χ2v) is 10.2. The molecule has 1 aromatic carbocycles. The number of methoxy groups -OCH3 is 1. The first kappa shape index (κ1) is 22.7. The molecule has 0 saturated heterocycles. The van der Waals surface area contributed by atoms with Gasteiger partial charge in [0, 0.05) is 20.4 Å². The van der Waals surface area contributed by atoms with Gasteiger partial charge in [-0.3, -0.25) is 6.38 Å². The first-order valence-corrected chi connectivity index (χ1v) is 8.25. The summed E-state index contributed by atoms with van der Waals surface area (Å²) in [6.07, 6.45) is 2.72. The zero-order valence-corrected chi connectivity index (χ0v) is 16.8. The Balaban J connectivity index is 0. The Morgan fingerprint density at radius 3 is 1.50 bits per heavy atom. The molecular weight excluding hydrogens is 381 g/mol. The minimum Gasteiger partial charge on any atom is -0.497 e. The summed E-state index contributed by atoms with van der Waals surface area (Å²) >= 11 is 4.39. The Labute approximate surface area is 145 Å². The van der Waals surface area contributed by atoms with Gasteiger partial charge in [0.2, 0.25) is 0 Å². The summed E-state index contributed by atoms with van der Waals surface area (Å²) < 4.78 is 5.23. The van der Waals surface area contributed by atoms with E-state index >= 15 is 0 Å². The average molecular weight is 408 g/mol. The molecule has 120 valence electrons. The van der Waals surface area contributed by atoms with Gasteiger partial charge in [-0.1, -0.05) is 61.6 Å². The summed E-state index contributed by atoms with van der Waals surface area (Å²) in [5.74, 6) is 0.937. The molecule has 0 aliphatic rings. The molecule has 4 heteroatoms. The van der Waals surface area contributed by atoms with Crippen molar-refractivity contribution in [3.8, 4) is 5.75 Å². The fourth-order valence-corrected chi connectivity index (χ4v) is 6.52. The van der Waals surface area contributed by atoms with Crippen molar-refractivity contribution in [2.24, 2.45) is 0 Å². The predicted octanol–water partition coefficient (Wildman–Crippen LogP) is 5.41. The van der Waals surface area contributed by atoms with E-state index in [4.69, 9.17) is 4.74 Å². The van der Waals surface area contributed by atoms with Crippen LogP contribution < -0.4 is 10.0 Å². The number of hydrogen-bond acceptors (Lipinski definition) is 1. The maximum atomic E-state index is 5.23. The molecule has 0 spiro atoms. The van der Waals surface area contributed by atoms with E-state index in [1.165, 1.54) is 5.30 Å². The van der Waals surface area contributed by atoms with Crippen molar-refractivity contribution >= 4 is 24.8 Å². The van der Waals surface area contributed by atoms with Crippen LogP contribution in [0, 0.1) is 6.38 Å². The molecule has 0 bridgehead atoms. The molecular formula is C16H27ClOPPd-. The standard InChI is InChI=1S/C15H25OP.CH2Cl.Pd/c1-14(2,3)17(15(4,5)6)13-10-8-12(16-7)9-11-13;1-2;/h8-11H,1-7H3;1H2;/q;-1;. The summed E-state index contributed by atoms with van der Waals surface area (Å²) in [7, 11) is 1.50. The van der Waals surface area contributed by atoms with Gasteiger partial charge in [-0.05, 0) is 27.7 Å². The minimum absolute atomic E-state index is 0. The molecule has 0 aromatic heterocycles. The zero-order chi connectivity index (χ0) is 15.3. The van der Waals surface area contributed by atoms with Crippen LogP contribution in [0.15, 0.2) is 24.3 Å². The molecule has 0 aliphatic heterocycles. The number of benzene rings is 1. The third kappa shape index (κ3) is 6.91. The molecule has 0 N–H and O–H groups in total. The van der Waals surface area contributed by atoms with Crippen LogP contribution in [0.1, 0.15) is 41.5 Å². The minimum atomic E-state index is -0.211. The Morgan fingerprint density at radius 1 is 0.900 bits per heavy atom. The van der Waals surface area contributed by atoms with Crippen molar-refractivity contribution in [1.29, 1.82) is 0 Å². The van der Waals surface area contributed by atoms with Crippen molar-refractivity contribution < 1.29 is 25.2 Å². The van der Waals surface area contributed by atoms with Gasteiger partial charge in [-0.2, -0.15) is 0 Å². The summed E-state index contributed by atoms with van der Waals surface area (Å²) in [5.41, 5.74) is 0. The van der Waals surface area contributed by atoms with E-state index in [2.05, 4.69) is 83.8 Å². The largest absolute Gasteiger partial charge is 0.497 e. The van der Waals surface area contributed by atoms with E-state index in [0.717, 1.165) is 5.75 Å². The number of halogens is 1. The van der Waals surface area contributed by atoms with Crippen LogP contribution in [-0.2, 0) is 20.4 Å². The fraction of sp³-hybridized carbons (Fsp3) is 0.562. The second-order valence-electron chi connectivity index (χ2n) is 6.38. The third-order valence-electron chi connectivity index (χ3n) is 2.67. The van der Waals surface area contributed by atoms with Crippen LogP contribution >= 0.6 is 19.5 Å². The van der Waals surface area contributed by atoms with Crippen LogP contribution in [0.4, 0.5) is 0 Å². The topological polar surface area (TPSA) is 9.23 Å². The molecule has 20 heavy (non-hydrogen) atoms. The van der Waals surface area contributed by atoms with Crippen LogP contribution in [-0.4, -0.2) is 17.4 Å². The van der Waals surface area contributed by atoms with E-state index in [1.807, 2.05) is 0 Å². The van der Waals surface area contributed by atoms with Gasteiger partial charge in [0.15, 0.2) is 0 Å². The van der Waals surface area contributed by atoms with Crippen molar-refractivity contribution in [2.75, 3.05) is 7.11 Å². The summed E-state index contributed by atoms with van der Waals surface area (Å²) in [6, 6.07) is 8.59. The summed E-state index contributed by atoms with van der Waals surface area (Å²) in [4.78, 5) is 0. The summed E-state index contributed by atoms with van der Waals surface area (Å²) in [6.45, 7) is 14.0. The number of rotatable bonds is 2. The fourth-order valence-electron chi connectivity index (χ4n) is 2.51. The molecule has 1 nitrogen and oxygen atoms in total. The maximum absolute atomic E-state index is 5.23. The summed E-state index contributed by atoms with van der Waals surface area (Å²) in [5, 5.41) is 2.10. The average Bonchev–Trinajstić information content (AvgIpc) is 2.29. The predicted molar refractivity (Wildman–Crippen MR) is 90.3 cm³/mol. The smallest absolute Gasteiger partial charge is 0.118 e. The van der Waals surface area contributed by atoms with Gasteiger partial charge < -0.3 is 16.3 Å². The molecule has 0 atom stereocenters. The first-order chi connectivity index (χ1) is 8.66. The van der Waals surface area contributed by atoms with E-state index in [1.54, 1.807) is 7.11 Å². The molecule has 0 saturated carbocycles. The monoisotopic (exact) mass is 407 g/mol. The molecule has 1 aromatic rings. The first-order valence-electron chi connectivity index (χ1n) is 6.37. The van der Waals surface area contributed by atoms with E-state index in [9.17, 15) is 0 Å². The molecule has 0 aliphatic carbocycles. The van der Waals surface area contributed by atoms with Gasteiger partial charge in [0.25, 0.3) is 0 Å². The maximum Gasteiger partial charge on any atom is 0.118 e. The Bertz CT molecular complexity index is 352. The second kappa shape index (κ2) is 9.43. The Morgan fingerprint density at radius 2 is 1.25 bits per heavy atom. The molecule has 0 fully saturated rings. The molecule has 0 unspecified atom stereocenters. The van der Waals surface area contributed by atoms with E-state index in [0.29, 0.717) is 10.3 Å². The van der Waals surface area contributed by atoms with Crippen LogP contribution in [0.5, 0.6) is 5.75 Å². The van der Waals surface area contributed by atoms with E-state index < -0.39 is 0 Å². The van der Waals surface area contributed by atoms with Crippen molar-refractivity contribution in [3.63, 3.8) is 0 Å². The van der Waals surface area contributed by atoms with Crippen LogP contribution in [0.25, 0.3) is 0 Å². The Hall–Kier alpha value is 0.402. The Kier molecular flexibility index (Phi) is 10.7.